The summed E-state index contributed by atoms with van der Waals surface area (Å²) >= 11 is 0. The highest BCUT2D eigenvalue weighted by molar-refractivity contribution is 5.91. The Balaban J connectivity index is 2.00. The molecule has 2 heterocycles. The van der Waals surface area contributed by atoms with Crippen molar-refractivity contribution in [2.24, 2.45) is 0 Å². The molecule has 0 aromatic rings. The topological polar surface area (TPSA) is 52.7 Å². The smallest absolute Gasteiger partial charge is 0.245 e. The van der Waals surface area contributed by atoms with Crippen LogP contribution in [0.2, 0.25) is 0 Å². The van der Waals surface area contributed by atoms with Crippen molar-refractivity contribution >= 4 is 11.8 Å². The van der Waals surface area contributed by atoms with E-state index in [9.17, 15) is 9.59 Å². The molecule has 90 valence electrons. The molecule has 0 aromatic carbocycles. The first-order valence-electron chi connectivity index (χ1n) is 6.03. The highest BCUT2D eigenvalue weighted by Gasteiger charge is 2.37. The number of likely N-dealkylation sites (tertiary alicyclic amines) is 1. The summed E-state index contributed by atoms with van der Waals surface area (Å²) in [5, 5.41) is 3.22. The maximum absolute atomic E-state index is 12.2. The molecule has 2 saturated heterocycles. The largest absolute Gasteiger partial charge is 0.338 e. The number of nitrogens with one attached hydrogen (secondary N) is 1. The van der Waals surface area contributed by atoms with Gasteiger partial charge in [0, 0.05) is 39.1 Å². The number of amides is 2. The molecule has 0 aliphatic carbocycles. The molecule has 0 saturated carbocycles. The van der Waals surface area contributed by atoms with E-state index >= 15 is 0 Å². The van der Waals surface area contributed by atoms with E-state index in [-0.39, 0.29) is 17.9 Å². The standard InChI is InChI=1S/C11H19N3O2/c1-2-14-9(3-4-10(14)15)11(16)13-7-5-12-6-8-13/h9,12H,2-8H2,1H3. The van der Waals surface area contributed by atoms with Crippen LogP contribution in [0.25, 0.3) is 0 Å². The summed E-state index contributed by atoms with van der Waals surface area (Å²) < 4.78 is 0. The van der Waals surface area contributed by atoms with Gasteiger partial charge in [0.15, 0.2) is 0 Å². The number of likely N-dealkylation sites (N-methyl/N-ethyl adjacent to an activating group) is 1. The minimum Gasteiger partial charge on any atom is -0.338 e. The molecular formula is C11H19N3O2. The van der Waals surface area contributed by atoms with Gasteiger partial charge in [0.2, 0.25) is 11.8 Å². The normalized spacial score (nSPS) is 26.3. The van der Waals surface area contributed by atoms with Crippen molar-refractivity contribution in [2.75, 3.05) is 32.7 Å². The predicted octanol–water partition coefficient (Wildman–Crippen LogP) is -0.571. The lowest BCUT2D eigenvalue weighted by Gasteiger charge is -2.32. The van der Waals surface area contributed by atoms with Gasteiger partial charge in [-0.2, -0.15) is 0 Å². The molecule has 2 aliphatic heterocycles. The quantitative estimate of drug-likeness (QED) is 0.684. The fraction of sp³-hybridized carbons (Fsp3) is 0.818. The summed E-state index contributed by atoms with van der Waals surface area (Å²) in [5.74, 6) is 0.255. The number of nitrogens with zero attached hydrogens (tertiary/aromatic N) is 2. The molecular weight excluding hydrogens is 206 g/mol. The lowest BCUT2D eigenvalue weighted by molar-refractivity contribution is -0.141. The van der Waals surface area contributed by atoms with Crippen LogP contribution >= 0.6 is 0 Å². The van der Waals surface area contributed by atoms with Crippen LogP contribution in [0.5, 0.6) is 0 Å². The van der Waals surface area contributed by atoms with Gasteiger partial charge in [0.1, 0.15) is 6.04 Å². The predicted molar refractivity (Wildman–Crippen MR) is 59.9 cm³/mol. The number of carbonyl (C=O) groups is 2. The second-order valence-corrected chi connectivity index (χ2v) is 4.31. The fourth-order valence-electron chi connectivity index (χ4n) is 2.48. The molecule has 16 heavy (non-hydrogen) atoms. The van der Waals surface area contributed by atoms with E-state index in [0.717, 1.165) is 26.2 Å². The summed E-state index contributed by atoms with van der Waals surface area (Å²) in [5.41, 5.74) is 0. The van der Waals surface area contributed by atoms with Crippen LogP contribution < -0.4 is 5.32 Å². The zero-order valence-electron chi connectivity index (χ0n) is 9.74. The van der Waals surface area contributed by atoms with E-state index in [1.54, 1.807) is 4.90 Å². The fourth-order valence-corrected chi connectivity index (χ4v) is 2.48. The lowest BCUT2D eigenvalue weighted by Crippen LogP contribution is -2.52. The minimum absolute atomic E-state index is 0.121. The monoisotopic (exact) mass is 225 g/mol. The molecule has 0 aromatic heterocycles. The van der Waals surface area contributed by atoms with Crippen molar-refractivity contribution in [1.29, 1.82) is 0 Å². The van der Waals surface area contributed by atoms with E-state index in [0.29, 0.717) is 19.4 Å². The molecule has 5 heteroatoms. The first kappa shape index (κ1) is 11.4. The Morgan fingerprint density at radius 3 is 2.75 bits per heavy atom. The second-order valence-electron chi connectivity index (χ2n) is 4.31. The Morgan fingerprint density at radius 2 is 2.12 bits per heavy atom. The van der Waals surface area contributed by atoms with Gasteiger partial charge >= 0.3 is 0 Å². The Kier molecular flexibility index (Phi) is 3.43. The van der Waals surface area contributed by atoms with Crippen LogP contribution in [-0.4, -0.2) is 60.4 Å². The molecule has 0 spiro atoms. The maximum Gasteiger partial charge on any atom is 0.245 e. The summed E-state index contributed by atoms with van der Waals surface area (Å²) in [6.07, 6.45) is 1.21. The Hall–Kier alpha value is -1.10. The van der Waals surface area contributed by atoms with E-state index in [1.165, 1.54) is 0 Å². The van der Waals surface area contributed by atoms with Crippen LogP contribution in [0.3, 0.4) is 0 Å². The summed E-state index contributed by atoms with van der Waals surface area (Å²) in [6, 6.07) is -0.199. The van der Waals surface area contributed by atoms with E-state index in [4.69, 9.17) is 0 Å². The van der Waals surface area contributed by atoms with Crippen molar-refractivity contribution in [3.8, 4) is 0 Å². The van der Waals surface area contributed by atoms with E-state index < -0.39 is 0 Å². The van der Waals surface area contributed by atoms with Gasteiger partial charge in [-0.15, -0.1) is 0 Å². The zero-order chi connectivity index (χ0) is 11.5. The highest BCUT2D eigenvalue weighted by Crippen LogP contribution is 2.20. The number of rotatable bonds is 2. The summed E-state index contributed by atoms with van der Waals surface area (Å²) in [6.45, 7) is 5.82. The Morgan fingerprint density at radius 1 is 1.44 bits per heavy atom. The Labute approximate surface area is 95.8 Å². The summed E-state index contributed by atoms with van der Waals surface area (Å²) in [4.78, 5) is 27.4. The van der Waals surface area contributed by atoms with Crippen molar-refractivity contribution in [3.63, 3.8) is 0 Å². The molecule has 1 atom stereocenters. The number of hydrogen-bond acceptors (Lipinski definition) is 3. The average Bonchev–Trinajstić information content (AvgIpc) is 2.70. The number of hydrogen-bond donors (Lipinski definition) is 1. The first-order valence-corrected chi connectivity index (χ1v) is 6.03. The van der Waals surface area contributed by atoms with Gasteiger partial charge in [-0.25, -0.2) is 0 Å². The molecule has 2 fully saturated rings. The van der Waals surface area contributed by atoms with Crippen molar-refractivity contribution < 1.29 is 9.59 Å². The van der Waals surface area contributed by atoms with Gasteiger partial charge in [-0.3, -0.25) is 9.59 Å². The average molecular weight is 225 g/mol. The summed E-state index contributed by atoms with van der Waals surface area (Å²) in [7, 11) is 0. The molecule has 2 amide bonds. The van der Waals surface area contributed by atoms with E-state index in [2.05, 4.69) is 5.32 Å². The maximum atomic E-state index is 12.2. The van der Waals surface area contributed by atoms with Gasteiger partial charge < -0.3 is 15.1 Å². The van der Waals surface area contributed by atoms with Gasteiger partial charge in [-0.05, 0) is 13.3 Å². The Bertz CT molecular complexity index is 287. The first-order chi connectivity index (χ1) is 7.74. The van der Waals surface area contributed by atoms with Crippen LogP contribution in [0, 0.1) is 0 Å². The third kappa shape index (κ3) is 2.04. The molecule has 5 nitrogen and oxygen atoms in total. The van der Waals surface area contributed by atoms with Crippen molar-refractivity contribution in [2.45, 2.75) is 25.8 Å². The minimum atomic E-state index is -0.199. The van der Waals surface area contributed by atoms with E-state index in [1.807, 2.05) is 11.8 Å². The molecule has 2 aliphatic rings. The molecule has 1 N–H and O–H groups in total. The van der Waals surface area contributed by atoms with Crippen molar-refractivity contribution in [1.82, 2.24) is 15.1 Å². The third-order valence-electron chi connectivity index (χ3n) is 3.38. The van der Waals surface area contributed by atoms with Crippen LogP contribution in [0.15, 0.2) is 0 Å². The zero-order valence-corrected chi connectivity index (χ0v) is 9.74. The number of carbonyl (C=O) groups excluding carboxylic acids is 2. The van der Waals surface area contributed by atoms with Crippen LogP contribution in [0.1, 0.15) is 19.8 Å². The molecule has 0 radical (unpaired) electrons. The molecule has 1 unspecified atom stereocenters. The SMILES string of the molecule is CCN1C(=O)CCC1C(=O)N1CCNCC1. The van der Waals surface area contributed by atoms with Crippen molar-refractivity contribution in [3.05, 3.63) is 0 Å². The molecule has 0 bridgehead atoms. The number of piperazine rings is 1. The lowest BCUT2D eigenvalue weighted by atomic mass is 10.2. The van der Waals surface area contributed by atoms with Gasteiger partial charge in [0.25, 0.3) is 0 Å². The third-order valence-corrected chi connectivity index (χ3v) is 3.38. The van der Waals surface area contributed by atoms with Crippen LogP contribution in [0.4, 0.5) is 0 Å². The van der Waals surface area contributed by atoms with Crippen LogP contribution in [-0.2, 0) is 9.59 Å². The van der Waals surface area contributed by atoms with Gasteiger partial charge in [-0.1, -0.05) is 0 Å². The van der Waals surface area contributed by atoms with Gasteiger partial charge in [0.05, 0.1) is 0 Å². The second kappa shape index (κ2) is 4.82. The highest BCUT2D eigenvalue weighted by atomic mass is 16.2. The molecule has 2 rings (SSSR count).